The zero-order valence-corrected chi connectivity index (χ0v) is 15.6. The highest BCUT2D eigenvalue weighted by Gasteiger charge is 2.20. The van der Waals surface area contributed by atoms with Gasteiger partial charge in [0.25, 0.3) is 11.8 Å². The monoisotopic (exact) mass is 376 g/mol. The number of anilines is 1. The first-order valence-corrected chi connectivity index (χ1v) is 8.96. The first-order chi connectivity index (χ1) is 12.4. The fourth-order valence-electron chi connectivity index (χ4n) is 2.41. The molecule has 3 heterocycles. The van der Waals surface area contributed by atoms with Crippen molar-refractivity contribution in [3.05, 3.63) is 34.5 Å². The van der Waals surface area contributed by atoms with E-state index in [4.69, 9.17) is 9.47 Å². The van der Waals surface area contributed by atoms with Crippen LogP contribution in [0.3, 0.4) is 0 Å². The molecule has 1 unspecified atom stereocenters. The van der Waals surface area contributed by atoms with Gasteiger partial charge < -0.3 is 14.4 Å². The number of carbonyl (C=O) groups is 2. The van der Waals surface area contributed by atoms with E-state index in [2.05, 4.69) is 15.3 Å². The molecular weight excluding hydrogens is 356 g/mol. The number of nitrogens with one attached hydrogen (secondary N) is 1. The van der Waals surface area contributed by atoms with E-state index in [0.29, 0.717) is 40.4 Å². The summed E-state index contributed by atoms with van der Waals surface area (Å²) in [5.74, 6) is -0.0941. The van der Waals surface area contributed by atoms with Crippen LogP contribution in [0.1, 0.15) is 32.1 Å². The number of thiazole rings is 1. The third-order valence-electron chi connectivity index (χ3n) is 3.79. The summed E-state index contributed by atoms with van der Waals surface area (Å²) in [7, 11) is 3.35. The van der Waals surface area contributed by atoms with E-state index < -0.39 is 0 Å². The number of amides is 2. The number of hydrogen-bond acceptors (Lipinski definition) is 7. The summed E-state index contributed by atoms with van der Waals surface area (Å²) in [6.07, 6.45) is 2.29. The number of rotatable bonds is 5. The maximum atomic E-state index is 12.5. The largest absolute Gasteiger partial charge is 0.472 e. The Bertz CT molecular complexity index is 815. The number of hydrogen-bond donors (Lipinski definition) is 1. The molecule has 0 radical (unpaired) electrons. The van der Waals surface area contributed by atoms with Crippen LogP contribution in [0.25, 0.3) is 0 Å². The summed E-state index contributed by atoms with van der Waals surface area (Å²) in [5.41, 5.74) is 0.992. The molecule has 0 aromatic carbocycles. The molecule has 1 aliphatic heterocycles. The summed E-state index contributed by atoms with van der Waals surface area (Å²) in [6.45, 7) is 2.94. The van der Waals surface area contributed by atoms with Crippen LogP contribution in [0.15, 0.2) is 18.3 Å². The first kappa shape index (κ1) is 18.3. The Labute approximate surface area is 155 Å². The summed E-state index contributed by atoms with van der Waals surface area (Å²) in [4.78, 5) is 34.9. The molecule has 2 aromatic heterocycles. The smallest absolute Gasteiger partial charge is 0.265 e. The van der Waals surface area contributed by atoms with Gasteiger partial charge in [0, 0.05) is 38.3 Å². The third kappa shape index (κ3) is 4.17. The van der Waals surface area contributed by atoms with E-state index in [-0.39, 0.29) is 17.9 Å². The van der Waals surface area contributed by atoms with Crippen molar-refractivity contribution >= 4 is 28.3 Å². The number of aromatic nitrogens is 2. The minimum absolute atomic E-state index is 0.0398. The predicted octanol–water partition coefficient (Wildman–Crippen LogP) is 1.97. The number of nitrogens with zero attached hydrogens (tertiary/aromatic N) is 3. The third-order valence-corrected chi connectivity index (χ3v) is 4.85. The van der Waals surface area contributed by atoms with Crippen LogP contribution < -0.4 is 10.1 Å². The minimum Gasteiger partial charge on any atom is -0.472 e. The lowest BCUT2D eigenvalue weighted by Crippen LogP contribution is -2.21. The predicted molar refractivity (Wildman–Crippen MR) is 96.9 cm³/mol. The standard InChI is InChI=1S/C17H20N4O4S/c1-10-14(16(23)21(2)3)26-17(19-10)20-15(22)11-4-6-18-13(8-11)25-12-5-7-24-9-12/h4,6,8,12H,5,7,9H2,1-3H3,(H,19,20,22). The summed E-state index contributed by atoms with van der Waals surface area (Å²) in [5, 5.41) is 3.10. The van der Waals surface area contributed by atoms with Crippen molar-refractivity contribution in [1.29, 1.82) is 0 Å². The summed E-state index contributed by atoms with van der Waals surface area (Å²) in [6, 6.07) is 3.18. The van der Waals surface area contributed by atoms with Gasteiger partial charge in [-0.15, -0.1) is 0 Å². The van der Waals surface area contributed by atoms with Crippen LogP contribution in [-0.2, 0) is 4.74 Å². The average Bonchev–Trinajstić information content (AvgIpc) is 3.24. The molecule has 0 bridgehead atoms. The van der Waals surface area contributed by atoms with Gasteiger partial charge in [-0.05, 0) is 13.0 Å². The lowest BCUT2D eigenvalue weighted by molar-refractivity contribution is 0.0831. The Morgan fingerprint density at radius 1 is 1.42 bits per heavy atom. The second-order valence-corrected chi connectivity index (χ2v) is 7.07. The molecule has 1 fully saturated rings. The van der Waals surface area contributed by atoms with Crippen molar-refractivity contribution in [2.45, 2.75) is 19.4 Å². The Morgan fingerprint density at radius 2 is 2.23 bits per heavy atom. The summed E-state index contributed by atoms with van der Waals surface area (Å²) < 4.78 is 11.0. The van der Waals surface area contributed by atoms with Gasteiger partial charge in [-0.1, -0.05) is 11.3 Å². The van der Waals surface area contributed by atoms with Crippen molar-refractivity contribution in [3.8, 4) is 5.88 Å². The Kier molecular flexibility index (Phi) is 5.48. The minimum atomic E-state index is -0.336. The molecular formula is C17H20N4O4S. The molecule has 26 heavy (non-hydrogen) atoms. The van der Waals surface area contributed by atoms with Gasteiger partial charge in [0.15, 0.2) is 5.13 Å². The van der Waals surface area contributed by atoms with Gasteiger partial charge >= 0.3 is 0 Å². The van der Waals surface area contributed by atoms with Crippen molar-refractivity contribution in [1.82, 2.24) is 14.9 Å². The topological polar surface area (TPSA) is 93.6 Å². The summed E-state index contributed by atoms with van der Waals surface area (Å²) >= 11 is 1.15. The SMILES string of the molecule is Cc1nc(NC(=O)c2ccnc(OC3CCOC3)c2)sc1C(=O)N(C)C. The molecule has 1 N–H and O–H groups in total. The van der Waals surface area contributed by atoms with E-state index in [1.807, 2.05) is 0 Å². The normalized spacial score (nSPS) is 16.3. The van der Waals surface area contributed by atoms with Gasteiger partial charge in [-0.25, -0.2) is 9.97 Å². The first-order valence-electron chi connectivity index (χ1n) is 8.15. The molecule has 1 saturated heterocycles. The molecule has 2 aromatic rings. The number of ether oxygens (including phenoxy) is 2. The lowest BCUT2D eigenvalue weighted by Gasteiger charge is -2.11. The van der Waals surface area contributed by atoms with Crippen LogP contribution in [0.2, 0.25) is 0 Å². The van der Waals surface area contributed by atoms with E-state index in [1.54, 1.807) is 33.2 Å². The van der Waals surface area contributed by atoms with Crippen LogP contribution in [-0.4, -0.2) is 60.1 Å². The van der Waals surface area contributed by atoms with Crippen LogP contribution in [0.4, 0.5) is 5.13 Å². The van der Waals surface area contributed by atoms with Crippen molar-refractivity contribution in [2.24, 2.45) is 0 Å². The molecule has 0 spiro atoms. The van der Waals surface area contributed by atoms with E-state index >= 15 is 0 Å². The molecule has 8 nitrogen and oxygen atoms in total. The highest BCUT2D eigenvalue weighted by atomic mass is 32.1. The molecule has 1 aliphatic rings. The number of pyridine rings is 1. The van der Waals surface area contributed by atoms with Crippen molar-refractivity contribution in [2.75, 3.05) is 32.6 Å². The molecule has 138 valence electrons. The lowest BCUT2D eigenvalue weighted by atomic mass is 10.2. The van der Waals surface area contributed by atoms with Crippen molar-refractivity contribution in [3.63, 3.8) is 0 Å². The van der Waals surface area contributed by atoms with Crippen LogP contribution in [0.5, 0.6) is 5.88 Å². The van der Waals surface area contributed by atoms with Gasteiger partial charge in [0.1, 0.15) is 11.0 Å². The zero-order chi connectivity index (χ0) is 18.7. The number of aryl methyl sites for hydroxylation is 1. The highest BCUT2D eigenvalue weighted by Crippen LogP contribution is 2.24. The Balaban J connectivity index is 1.70. The Morgan fingerprint density at radius 3 is 2.92 bits per heavy atom. The highest BCUT2D eigenvalue weighted by molar-refractivity contribution is 7.17. The van der Waals surface area contributed by atoms with Crippen LogP contribution in [0, 0.1) is 6.92 Å². The van der Waals surface area contributed by atoms with Gasteiger partial charge in [-0.2, -0.15) is 0 Å². The molecule has 2 amide bonds. The maximum Gasteiger partial charge on any atom is 0.265 e. The molecule has 1 atom stereocenters. The average molecular weight is 376 g/mol. The number of carbonyl (C=O) groups excluding carboxylic acids is 2. The van der Waals surface area contributed by atoms with E-state index in [9.17, 15) is 9.59 Å². The molecule has 0 saturated carbocycles. The second kappa shape index (κ2) is 7.79. The van der Waals surface area contributed by atoms with E-state index in [0.717, 1.165) is 17.8 Å². The van der Waals surface area contributed by atoms with Gasteiger partial charge in [0.2, 0.25) is 5.88 Å². The zero-order valence-electron chi connectivity index (χ0n) is 14.8. The molecule has 9 heteroatoms. The van der Waals surface area contributed by atoms with Gasteiger partial charge in [-0.3, -0.25) is 14.9 Å². The molecule has 3 rings (SSSR count). The van der Waals surface area contributed by atoms with Gasteiger partial charge in [0.05, 0.1) is 18.9 Å². The second-order valence-electron chi connectivity index (χ2n) is 6.07. The van der Waals surface area contributed by atoms with E-state index in [1.165, 1.54) is 11.1 Å². The quantitative estimate of drug-likeness (QED) is 0.857. The maximum absolute atomic E-state index is 12.5. The van der Waals surface area contributed by atoms with Crippen LogP contribution >= 0.6 is 11.3 Å². The fourth-order valence-corrected chi connectivity index (χ4v) is 3.40. The van der Waals surface area contributed by atoms with Crippen molar-refractivity contribution < 1.29 is 19.1 Å². The fraction of sp³-hybridized carbons (Fsp3) is 0.412. The molecule has 0 aliphatic carbocycles. The Hall–Kier alpha value is -2.52.